The predicted octanol–water partition coefficient (Wildman–Crippen LogP) is 0.428. The first-order valence-electron chi connectivity index (χ1n) is 4.06. The van der Waals surface area contributed by atoms with Gasteiger partial charge in [0, 0.05) is 0 Å². The Bertz CT molecular complexity index is 475. The Labute approximate surface area is 90.5 Å². The van der Waals surface area contributed by atoms with Gasteiger partial charge in [-0.2, -0.15) is 8.78 Å². The summed E-state index contributed by atoms with van der Waals surface area (Å²) >= 11 is 0. The van der Waals surface area contributed by atoms with E-state index >= 15 is 0 Å². The molecular formula is C8H9F2NO4S. The van der Waals surface area contributed by atoms with Crippen molar-refractivity contribution in [3.8, 4) is 5.75 Å². The Morgan fingerprint density at radius 1 is 1.44 bits per heavy atom. The molecule has 5 nitrogen and oxygen atoms in total. The standard InChI is InChI=1S/C8H9F2NO4S/c9-8(10)15-6-3-5(4-12)1-2-7(6)16(11,13)14/h1-3,8,12H,4H2,(H2,11,13,14). The topological polar surface area (TPSA) is 89.6 Å². The van der Waals surface area contributed by atoms with Crippen LogP contribution in [0.4, 0.5) is 8.78 Å². The van der Waals surface area contributed by atoms with Gasteiger partial charge in [0.05, 0.1) is 6.61 Å². The third kappa shape index (κ3) is 3.12. The highest BCUT2D eigenvalue weighted by atomic mass is 32.2. The van der Waals surface area contributed by atoms with Crippen LogP contribution in [0.25, 0.3) is 0 Å². The molecule has 0 saturated carbocycles. The van der Waals surface area contributed by atoms with E-state index in [2.05, 4.69) is 4.74 Å². The van der Waals surface area contributed by atoms with Gasteiger partial charge < -0.3 is 9.84 Å². The highest BCUT2D eigenvalue weighted by Crippen LogP contribution is 2.25. The minimum atomic E-state index is -4.14. The van der Waals surface area contributed by atoms with Crippen LogP contribution in [0, 0.1) is 0 Å². The summed E-state index contributed by atoms with van der Waals surface area (Å²) < 4.78 is 50.1. The molecule has 0 unspecified atom stereocenters. The second-order valence-electron chi connectivity index (χ2n) is 2.86. The van der Waals surface area contributed by atoms with Crippen LogP contribution in [-0.2, 0) is 16.6 Å². The summed E-state index contributed by atoms with van der Waals surface area (Å²) in [6, 6.07) is 3.24. The van der Waals surface area contributed by atoms with Crippen molar-refractivity contribution in [2.24, 2.45) is 5.14 Å². The van der Waals surface area contributed by atoms with Crippen molar-refractivity contribution in [2.75, 3.05) is 0 Å². The number of nitrogens with two attached hydrogens (primary N) is 1. The van der Waals surface area contributed by atoms with Crippen molar-refractivity contribution in [3.63, 3.8) is 0 Å². The lowest BCUT2D eigenvalue weighted by Gasteiger charge is -2.10. The van der Waals surface area contributed by atoms with Crippen LogP contribution >= 0.6 is 0 Å². The van der Waals surface area contributed by atoms with E-state index < -0.39 is 33.9 Å². The molecule has 1 aromatic carbocycles. The quantitative estimate of drug-likeness (QED) is 0.814. The second kappa shape index (κ2) is 4.73. The maximum atomic E-state index is 12.0. The van der Waals surface area contributed by atoms with Gasteiger partial charge in [0.15, 0.2) is 0 Å². The van der Waals surface area contributed by atoms with Gasteiger partial charge in [-0.05, 0) is 17.7 Å². The summed E-state index contributed by atoms with van der Waals surface area (Å²) in [6.45, 7) is -3.60. The van der Waals surface area contributed by atoms with Crippen molar-refractivity contribution in [1.82, 2.24) is 0 Å². The number of aliphatic hydroxyl groups excluding tert-OH is 1. The molecule has 16 heavy (non-hydrogen) atoms. The molecule has 0 spiro atoms. The number of halogens is 2. The summed E-state index contributed by atoms with van der Waals surface area (Å²) in [5, 5.41) is 13.6. The number of rotatable bonds is 4. The lowest BCUT2D eigenvalue weighted by Crippen LogP contribution is -2.15. The second-order valence-corrected chi connectivity index (χ2v) is 4.39. The Morgan fingerprint density at radius 2 is 2.06 bits per heavy atom. The maximum Gasteiger partial charge on any atom is 0.387 e. The van der Waals surface area contributed by atoms with Crippen LogP contribution in [0.1, 0.15) is 5.56 Å². The Hall–Kier alpha value is -1.25. The SMILES string of the molecule is NS(=O)(=O)c1ccc(CO)cc1OC(F)F. The minimum Gasteiger partial charge on any atom is -0.433 e. The largest absolute Gasteiger partial charge is 0.433 e. The van der Waals surface area contributed by atoms with Crippen molar-refractivity contribution in [2.45, 2.75) is 18.1 Å². The molecule has 0 aliphatic carbocycles. The molecule has 0 fully saturated rings. The first-order valence-corrected chi connectivity index (χ1v) is 5.60. The molecule has 0 bridgehead atoms. The molecule has 0 aliphatic rings. The summed E-state index contributed by atoms with van der Waals surface area (Å²) in [4.78, 5) is -0.551. The molecule has 0 aromatic heterocycles. The fourth-order valence-corrected chi connectivity index (χ4v) is 1.72. The van der Waals surface area contributed by atoms with E-state index in [-0.39, 0.29) is 5.56 Å². The van der Waals surface area contributed by atoms with Crippen molar-refractivity contribution >= 4 is 10.0 Å². The zero-order valence-electron chi connectivity index (χ0n) is 7.93. The summed E-state index contributed by atoms with van der Waals surface area (Å²) in [5.74, 6) is -0.580. The minimum absolute atomic E-state index is 0.239. The van der Waals surface area contributed by atoms with Gasteiger partial charge >= 0.3 is 6.61 Å². The third-order valence-corrected chi connectivity index (χ3v) is 2.66. The molecule has 0 radical (unpaired) electrons. The van der Waals surface area contributed by atoms with Crippen LogP contribution < -0.4 is 9.88 Å². The molecule has 8 heteroatoms. The molecule has 0 heterocycles. The fraction of sp³-hybridized carbons (Fsp3) is 0.250. The summed E-state index contributed by atoms with van der Waals surface area (Å²) in [7, 11) is -4.14. The predicted molar refractivity (Wildman–Crippen MR) is 50.4 cm³/mol. The molecular weight excluding hydrogens is 244 g/mol. The van der Waals surface area contributed by atoms with Gasteiger partial charge in [-0.25, -0.2) is 13.6 Å². The van der Waals surface area contributed by atoms with Crippen molar-refractivity contribution < 1.29 is 27.0 Å². The molecule has 1 aromatic rings. The van der Waals surface area contributed by atoms with E-state index in [9.17, 15) is 17.2 Å². The highest BCUT2D eigenvalue weighted by Gasteiger charge is 2.18. The number of ether oxygens (including phenoxy) is 1. The third-order valence-electron chi connectivity index (χ3n) is 1.71. The average molecular weight is 253 g/mol. The number of hydrogen-bond donors (Lipinski definition) is 2. The maximum absolute atomic E-state index is 12.0. The Morgan fingerprint density at radius 3 is 2.50 bits per heavy atom. The number of alkyl halides is 2. The monoisotopic (exact) mass is 253 g/mol. The lowest BCUT2D eigenvalue weighted by atomic mass is 10.2. The van der Waals surface area contributed by atoms with Crippen molar-refractivity contribution in [1.29, 1.82) is 0 Å². The van der Waals surface area contributed by atoms with Gasteiger partial charge in [0.2, 0.25) is 10.0 Å². The van der Waals surface area contributed by atoms with Gasteiger partial charge in [0.25, 0.3) is 0 Å². The van der Waals surface area contributed by atoms with Gasteiger partial charge in [0.1, 0.15) is 10.6 Å². The van der Waals surface area contributed by atoms with Crippen LogP contribution in [0.15, 0.2) is 23.1 Å². The van der Waals surface area contributed by atoms with E-state index in [0.29, 0.717) is 0 Å². The zero-order valence-corrected chi connectivity index (χ0v) is 8.75. The molecule has 0 atom stereocenters. The lowest BCUT2D eigenvalue weighted by molar-refractivity contribution is -0.0518. The fourth-order valence-electron chi connectivity index (χ4n) is 1.07. The van der Waals surface area contributed by atoms with E-state index in [1.807, 2.05) is 0 Å². The number of primary sulfonamides is 1. The van der Waals surface area contributed by atoms with Crippen LogP contribution in [-0.4, -0.2) is 20.1 Å². The Balaban J connectivity index is 3.27. The highest BCUT2D eigenvalue weighted by molar-refractivity contribution is 7.89. The summed E-state index contributed by atoms with van der Waals surface area (Å²) in [6.07, 6.45) is 0. The van der Waals surface area contributed by atoms with Crippen LogP contribution in [0.5, 0.6) is 5.75 Å². The van der Waals surface area contributed by atoms with Gasteiger partial charge in [-0.3, -0.25) is 0 Å². The molecule has 0 saturated heterocycles. The van der Waals surface area contributed by atoms with E-state index in [1.54, 1.807) is 0 Å². The number of benzene rings is 1. The molecule has 0 amide bonds. The van der Waals surface area contributed by atoms with E-state index in [1.165, 1.54) is 6.07 Å². The number of hydrogen-bond acceptors (Lipinski definition) is 4. The smallest absolute Gasteiger partial charge is 0.387 e. The molecule has 1 rings (SSSR count). The summed E-state index contributed by atoms with van der Waals surface area (Å²) in [5.41, 5.74) is 0.239. The Kier molecular flexibility index (Phi) is 3.79. The molecule has 3 N–H and O–H groups in total. The first kappa shape index (κ1) is 12.8. The van der Waals surface area contributed by atoms with E-state index in [4.69, 9.17) is 10.2 Å². The normalized spacial score (nSPS) is 11.8. The van der Waals surface area contributed by atoms with Crippen LogP contribution in [0.3, 0.4) is 0 Å². The van der Waals surface area contributed by atoms with E-state index in [0.717, 1.165) is 12.1 Å². The molecule has 0 aliphatic heterocycles. The number of aliphatic hydroxyl groups is 1. The average Bonchev–Trinajstić information content (AvgIpc) is 2.14. The number of sulfonamides is 1. The van der Waals surface area contributed by atoms with Crippen molar-refractivity contribution in [3.05, 3.63) is 23.8 Å². The van der Waals surface area contributed by atoms with Gasteiger partial charge in [-0.15, -0.1) is 0 Å². The van der Waals surface area contributed by atoms with Gasteiger partial charge in [-0.1, -0.05) is 6.07 Å². The zero-order chi connectivity index (χ0) is 12.3. The first-order chi connectivity index (χ1) is 7.34. The van der Waals surface area contributed by atoms with Crippen LogP contribution in [0.2, 0.25) is 0 Å². The molecule has 90 valence electrons.